The molecule has 0 spiro atoms. The number of hydrogen-bond acceptors (Lipinski definition) is 3. The van der Waals surface area contributed by atoms with Crippen molar-refractivity contribution in [3.05, 3.63) is 0 Å². The van der Waals surface area contributed by atoms with Crippen molar-refractivity contribution < 1.29 is 24.6 Å². The van der Waals surface area contributed by atoms with Gasteiger partial charge in [-0.3, -0.25) is 4.57 Å². The van der Waals surface area contributed by atoms with Crippen LogP contribution in [-0.2, 0) is 4.57 Å². The Morgan fingerprint density at radius 1 is 1.33 bits per heavy atom. The van der Waals surface area contributed by atoms with Crippen molar-refractivity contribution in [1.29, 1.82) is 0 Å². The molecule has 0 rings (SSSR count). The standard InChI is InChI=1S/C3H9O5P/c1-2(4)3(5)9(6,7)8/h2-5H,1H3,(H2,6,7,8)/t2?,3-/m1/s1. The molecule has 6 heteroatoms. The van der Waals surface area contributed by atoms with Gasteiger partial charge in [0.1, 0.15) is 0 Å². The van der Waals surface area contributed by atoms with E-state index in [-0.39, 0.29) is 0 Å². The maximum Gasteiger partial charge on any atom is 0.356 e. The second kappa shape index (κ2) is 2.77. The lowest BCUT2D eigenvalue weighted by atomic mass is 10.4. The number of aliphatic hydroxyl groups is 2. The van der Waals surface area contributed by atoms with E-state index in [1.165, 1.54) is 0 Å². The van der Waals surface area contributed by atoms with Crippen molar-refractivity contribution in [3.8, 4) is 0 Å². The van der Waals surface area contributed by atoms with Crippen LogP contribution in [0.3, 0.4) is 0 Å². The fourth-order valence-electron chi connectivity index (χ4n) is 0.281. The van der Waals surface area contributed by atoms with Crippen LogP contribution in [0.5, 0.6) is 0 Å². The van der Waals surface area contributed by atoms with E-state index in [0.717, 1.165) is 6.92 Å². The van der Waals surface area contributed by atoms with Crippen LogP contribution in [0.2, 0.25) is 0 Å². The summed E-state index contributed by atoms with van der Waals surface area (Å²) < 4.78 is 10.1. The van der Waals surface area contributed by atoms with E-state index >= 15 is 0 Å². The molecule has 0 saturated heterocycles. The molecule has 0 saturated carbocycles. The molecular weight excluding hydrogens is 147 g/mol. The highest BCUT2D eigenvalue weighted by Gasteiger charge is 2.30. The minimum absolute atomic E-state index is 1.10. The SMILES string of the molecule is CC(O)[C@H](O)P(=O)(O)O. The Bertz CT molecular complexity index is 126. The van der Waals surface area contributed by atoms with E-state index in [0.29, 0.717) is 0 Å². The molecule has 0 aliphatic heterocycles. The van der Waals surface area contributed by atoms with Crippen LogP contribution in [0.25, 0.3) is 0 Å². The third-order valence-electron chi connectivity index (χ3n) is 0.776. The molecular formula is C3H9O5P. The lowest BCUT2D eigenvalue weighted by molar-refractivity contribution is 0.0641. The molecule has 0 aromatic carbocycles. The van der Waals surface area contributed by atoms with Gasteiger partial charge in [-0.25, -0.2) is 0 Å². The summed E-state index contributed by atoms with van der Waals surface area (Å²) in [5.41, 5.74) is 0. The third kappa shape index (κ3) is 2.93. The molecule has 0 fully saturated rings. The maximum absolute atomic E-state index is 10.1. The minimum Gasteiger partial charge on any atom is -0.390 e. The molecule has 0 radical (unpaired) electrons. The van der Waals surface area contributed by atoms with E-state index in [2.05, 4.69) is 0 Å². The van der Waals surface area contributed by atoms with Crippen LogP contribution in [0.4, 0.5) is 0 Å². The molecule has 0 aromatic rings. The van der Waals surface area contributed by atoms with Crippen LogP contribution in [0.15, 0.2) is 0 Å². The first kappa shape index (κ1) is 9.07. The van der Waals surface area contributed by atoms with Gasteiger partial charge in [0.05, 0.1) is 6.10 Å². The Labute approximate surface area is 52.1 Å². The average molecular weight is 156 g/mol. The maximum atomic E-state index is 10.1. The van der Waals surface area contributed by atoms with Crippen LogP contribution >= 0.6 is 7.60 Å². The summed E-state index contributed by atoms with van der Waals surface area (Å²) in [6.45, 7) is 1.10. The zero-order chi connectivity index (χ0) is 7.65. The third-order valence-corrected chi connectivity index (χ3v) is 1.90. The van der Waals surface area contributed by atoms with Crippen LogP contribution < -0.4 is 0 Å². The summed E-state index contributed by atoms with van der Waals surface area (Å²) in [5.74, 6) is -1.96. The second-order valence-corrected chi connectivity index (χ2v) is 3.45. The van der Waals surface area contributed by atoms with E-state index < -0.39 is 19.5 Å². The molecule has 5 nitrogen and oxygen atoms in total. The van der Waals surface area contributed by atoms with Crippen molar-refractivity contribution in [2.24, 2.45) is 0 Å². The molecule has 4 N–H and O–H groups in total. The topological polar surface area (TPSA) is 98.0 Å². The predicted molar refractivity (Wildman–Crippen MR) is 29.7 cm³/mol. The molecule has 2 atom stereocenters. The molecule has 0 bridgehead atoms. The quantitative estimate of drug-likeness (QED) is 0.379. The fourth-order valence-corrected chi connectivity index (χ4v) is 0.843. The fraction of sp³-hybridized carbons (Fsp3) is 1.00. The molecule has 0 heterocycles. The van der Waals surface area contributed by atoms with Crippen molar-refractivity contribution in [2.45, 2.75) is 18.9 Å². The van der Waals surface area contributed by atoms with Gasteiger partial charge < -0.3 is 20.0 Å². The van der Waals surface area contributed by atoms with E-state index in [1.54, 1.807) is 0 Å². The molecule has 0 aliphatic carbocycles. The van der Waals surface area contributed by atoms with E-state index in [9.17, 15) is 4.57 Å². The first-order chi connectivity index (χ1) is 3.85. The Kier molecular flexibility index (Phi) is 2.79. The van der Waals surface area contributed by atoms with Crippen molar-refractivity contribution >= 4 is 7.60 Å². The van der Waals surface area contributed by atoms with Crippen molar-refractivity contribution in [2.75, 3.05) is 0 Å². The molecule has 0 aliphatic rings. The summed E-state index contributed by atoms with van der Waals surface area (Å²) in [7, 11) is -4.51. The normalized spacial score (nSPS) is 19.2. The average Bonchev–Trinajstić information content (AvgIpc) is 1.62. The number of aliphatic hydroxyl groups excluding tert-OH is 2. The minimum atomic E-state index is -4.51. The lowest BCUT2D eigenvalue weighted by Crippen LogP contribution is -2.21. The first-order valence-electron chi connectivity index (χ1n) is 2.27. The summed E-state index contributed by atoms with van der Waals surface area (Å²) >= 11 is 0. The summed E-state index contributed by atoms with van der Waals surface area (Å²) in [5, 5.41) is 16.9. The van der Waals surface area contributed by atoms with Gasteiger partial charge in [-0.15, -0.1) is 0 Å². The van der Waals surface area contributed by atoms with E-state index in [4.69, 9.17) is 20.0 Å². The number of hydrogen-bond donors (Lipinski definition) is 4. The van der Waals surface area contributed by atoms with Gasteiger partial charge in [0.15, 0.2) is 5.85 Å². The monoisotopic (exact) mass is 156 g/mol. The van der Waals surface area contributed by atoms with Gasteiger partial charge in [-0.2, -0.15) is 0 Å². The van der Waals surface area contributed by atoms with Gasteiger partial charge >= 0.3 is 7.60 Å². The van der Waals surface area contributed by atoms with Crippen molar-refractivity contribution in [3.63, 3.8) is 0 Å². The largest absolute Gasteiger partial charge is 0.390 e. The zero-order valence-corrected chi connectivity index (χ0v) is 5.69. The Morgan fingerprint density at radius 3 is 1.67 bits per heavy atom. The lowest BCUT2D eigenvalue weighted by Gasteiger charge is -2.13. The van der Waals surface area contributed by atoms with E-state index in [1.807, 2.05) is 0 Å². The second-order valence-electron chi connectivity index (χ2n) is 1.74. The van der Waals surface area contributed by atoms with Gasteiger partial charge in [0.2, 0.25) is 0 Å². The van der Waals surface area contributed by atoms with Gasteiger partial charge in [0, 0.05) is 0 Å². The first-order valence-corrected chi connectivity index (χ1v) is 3.95. The number of rotatable bonds is 2. The van der Waals surface area contributed by atoms with Gasteiger partial charge in [-0.05, 0) is 6.92 Å². The molecule has 0 aromatic heterocycles. The molecule has 9 heavy (non-hydrogen) atoms. The zero-order valence-electron chi connectivity index (χ0n) is 4.80. The smallest absolute Gasteiger partial charge is 0.356 e. The summed E-state index contributed by atoms with van der Waals surface area (Å²) in [4.78, 5) is 16.3. The Morgan fingerprint density at radius 2 is 1.67 bits per heavy atom. The summed E-state index contributed by atoms with van der Waals surface area (Å²) in [6, 6.07) is 0. The van der Waals surface area contributed by atoms with Crippen LogP contribution in [-0.4, -0.2) is 31.9 Å². The Balaban J connectivity index is 4.05. The van der Waals surface area contributed by atoms with Gasteiger partial charge in [0.25, 0.3) is 0 Å². The van der Waals surface area contributed by atoms with Crippen LogP contribution in [0.1, 0.15) is 6.92 Å². The highest BCUT2D eigenvalue weighted by molar-refractivity contribution is 7.52. The van der Waals surface area contributed by atoms with Gasteiger partial charge in [-0.1, -0.05) is 0 Å². The molecule has 1 unspecified atom stereocenters. The highest BCUT2D eigenvalue weighted by Crippen LogP contribution is 2.40. The van der Waals surface area contributed by atoms with Crippen molar-refractivity contribution in [1.82, 2.24) is 0 Å². The predicted octanol–water partition coefficient (Wildman–Crippen LogP) is -1.14. The Hall–Kier alpha value is 0.0700. The highest BCUT2D eigenvalue weighted by atomic mass is 31.2. The summed E-state index contributed by atoms with van der Waals surface area (Å²) in [6.07, 6.45) is -1.40. The molecule has 56 valence electrons. The van der Waals surface area contributed by atoms with Crippen LogP contribution in [0, 0.1) is 0 Å². The molecule has 0 amide bonds.